The number of rotatable bonds is 3. The molecule has 0 aromatic carbocycles. The van der Waals surface area contributed by atoms with Crippen molar-refractivity contribution in [1.82, 2.24) is 25.1 Å². The largest absolute Gasteiger partial charge is 0.362 e. The van der Waals surface area contributed by atoms with Crippen LogP contribution in [0.5, 0.6) is 0 Å². The molecule has 0 spiro atoms. The molecule has 0 unspecified atom stereocenters. The Morgan fingerprint density at radius 3 is 2.88 bits per heavy atom. The fourth-order valence-corrected chi connectivity index (χ4v) is 1.27. The third kappa shape index (κ3) is 2.74. The summed E-state index contributed by atoms with van der Waals surface area (Å²) < 4.78 is 0. The first-order valence-electron chi connectivity index (χ1n) is 4.30. The van der Waals surface area contributed by atoms with E-state index in [-0.39, 0.29) is 10.4 Å². The second-order valence-corrected chi connectivity index (χ2v) is 3.47. The summed E-state index contributed by atoms with van der Waals surface area (Å²) in [4.78, 5) is 11.7. The molecule has 82 valence electrons. The van der Waals surface area contributed by atoms with E-state index in [0.29, 0.717) is 12.4 Å². The normalized spacial score (nSPS) is 10.1. The summed E-state index contributed by atoms with van der Waals surface area (Å²) in [6, 6.07) is 1.77. The van der Waals surface area contributed by atoms with E-state index < -0.39 is 0 Å². The summed E-state index contributed by atoms with van der Waals surface area (Å²) in [5.41, 5.74) is 0.806. The van der Waals surface area contributed by atoms with E-state index in [1.54, 1.807) is 12.3 Å². The van der Waals surface area contributed by atoms with Crippen molar-refractivity contribution >= 4 is 29.0 Å². The Morgan fingerprint density at radius 1 is 1.25 bits per heavy atom. The van der Waals surface area contributed by atoms with Crippen molar-refractivity contribution in [2.24, 2.45) is 0 Å². The minimum Gasteiger partial charge on any atom is -0.362 e. The Hall–Kier alpha value is -1.53. The zero-order chi connectivity index (χ0) is 11.4. The third-order valence-electron chi connectivity index (χ3n) is 1.70. The van der Waals surface area contributed by atoms with Gasteiger partial charge in [0.15, 0.2) is 11.0 Å². The van der Waals surface area contributed by atoms with Crippen molar-refractivity contribution in [2.75, 3.05) is 5.32 Å². The molecule has 2 aromatic rings. The smallest absolute Gasteiger partial charge is 0.245 e. The van der Waals surface area contributed by atoms with Crippen LogP contribution < -0.4 is 5.32 Å². The molecule has 6 nitrogen and oxygen atoms in total. The van der Waals surface area contributed by atoms with Gasteiger partial charge in [-0.25, -0.2) is 9.97 Å². The quantitative estimate of drug-likeness (QED) is 0.899. The summed E-state index contributed by atoms with van der Waals surface area (Å²) in [5.74, 6) is 0.375. The van der Waals surface area contributed by atoms with Crippen LogP contribution in [0.1, 0.15) is 5.69 Å². The lowest BCUT2D eigenvalue weighted by molar-refractivity contribution is 0.943. The maximum absolute atomic E-state index is 5.77. The van der Waals surface area contributed by atoms with Gasteiger partial charge in [0.05, 0.1) is 12.2 Å². The predicted molar refractivity (Wildman–Crippen MR) is 59.2 cm³/mol. The van der Waals surface area contributed by atoms with Crippen molar-refractivity contribution in [3.63, 3.8) is 0 Å². The molecule has 0 amide bonds. The van der Waals surface area contributed by atoms with Crippen LogP contribution in [0.15, 0.2) is 18.6 Å². The Morgan fingerprint density at radius 2 is 2.12 bits per heavy atom. The van der Waals surface area contributed by atoms with Gasteiger partial charge in [-0.3, -0.25) is 0 Å². The van der Waals surface area contributed by atoms with Gasteiger partial charge in [0.2, 0.25) is 5.28 Å². The van der Waals surface area contributed by atoms with Crippen LogP contribution in [0.4, 0.5) is 5.82 Å². The lowest BCUT2D eigenvalue weighted by Crippen LogP contribution is -2.05. The molecule has 0 bridgehead atoms. The second-order valence-electron chi connectivity index (χ2n) is 2.77. The van der Waals surface area contributed by atoms with Gasteiger partial charge in [0.25, 0.3) is 0 Å². The predicted octanol–water partition coefficient (Wildman–Crippen LogP) is 1.58. The lowest BCUT2D eigenvalue weighted by Gasteiger charge is -2.05. The first-order valence-corrected chi connectivity index (χ1v) is 5.06. The number of halogens is 2. The standard InChI is InChI=1S/C8H6Cl2N6/c9-6-7(14-8(10)16-15-6)12-3-5-1-2-11-4-13-5/h1-2,4H,3H2,(H,12,14,16). The van der Waals surface area contributed by atoms with Gasteiger partial charge >= 0.3 is 0 Å². The van der Waals surface area contributed by atoms with Crippen molar-refractivity contribution in [2.45, 2.75) is 6.54 Å². The van der Waals surface area contributed by atoms with Gasteiger partial charge in [-0.15, -0.1) is 10.2 Å². The zero-order valence-electron chi connectivity index (χ0n) is 7.93. The average Bonchev–Trinajstić information content (AvgIpc) is 2.32. The van der Waals surface area contributed by atoms with Crippen LogP contribution in [0.3, 0.4) is 0 Å². The minimum absolute atomic E-state index is 0.0367. The average molecular weight is 257 g/mol. The van der Waals surface area contributed by atoms with E-state index in [1.807, 2.05) is 0 Å². The number of nitrogens with zero attached hydrogens (tertiary/aromatic N) is 5. The van der Waals surface area contributed by atoms with Crippen LogP contribution in [-0.2, 0) is 6.54 Å². The van der Waals surface area contributed by atoms with Gasteiger partial charge in [0.1, 0.15) is 6.33 Å². The molecule has 0 atom stereocenters. The molecule has 2 aromatic heterocycles. The number of aromatic nitrogens is 5. The summed E-state index contributed by atoms with van der Waals surface area (Å²) in [6.45, 7) is 0.456. The molecular formula is C8H6Cl2N6. The molecule has 1 N–H and O–H groups in total. The monoisotopic (exact) mass is 256 g/mol. The third-order valence-corrected chi connectivity index (χ3v) is 2.11. The molecule has 0 aliphatic carbocycles. The van der Waals surface area contributed by atoms with E-state index >= 15 is 0 Å². The van der Waals surface area contributed by atoms with Gasteiger partial charge < -0.3 is 5.32 Å². The van der Waals surface area contributed by atoms with Crippen molar-refractivity contribution in [3.05, 3.63) is 34.7 Å². The molecule has 0 aliphatic heterocycles. The summed E-state index contributed by atoms with van der Waals surface area (Å²) in [7, 11) is 0. The maximum Gasteiger partial charge on any atom is 0.245 e. The lowest BCUT2D eigenvalue weighted by atomic mass is 10.4. The molecule has 2 rings (SSSR count). The minimum atomic E-state index is 0.0367. The first-order chi connectivity index (χ1) is 7.75. The van der Waals surface area contributed by atoms with E-state index in [0.717, 1.165) is 5.69 Å². The highest BCUT2D eigenvalue weighted by Gasteiger charge is 2.05. The molecule has 0 saturated heterocycles. The SMILES string of the molecule is Clc1nnc(Cl)c(NCc2ccncn2)n1. The second kappa shape index (κ2) is 5.00. The molecule has 2 heterocycles. The molecule has 0 fully saturated rings. The number of nitrogens with one attached hydrogen (secondary N) is 1. The maximum atomic E-state index is 5.77. The fourth-order valence-electron chi connectivity index (χ4n) is 1.00. The summed E-state index contributed by atoms with van der Waals surface area (Å²) >= 11 is 11.4. The van der Waals surface area contributed by atoms with Crippen LogP contribution in [0.25, 0.3) is 0 Å². The highest BCUT2D eigenvalue weighted by Crippen LogP contribution is 2.16. The first kappa shape index (κ1) is 11.0. The molecule has 16 heavy (non-hydrogen) atoms. The van der Waals surface area contributed by atoms with Crippen molar-refractivity contribution < 1.29 is 0 Å². The number of hydrogen-bond donors (Lipinski definition) is 1. The van der Waals surface area contributed by atoms with Gasteiger partial charge in [-0.2, -0.15) is 4.98 Å². The van der Waals surface area contributed by atoms with E-state index in [9.17, 15) is 0 Å². The molecule has 0 radical (unpaired) electrons. The van der Waals surface area contributed by atoms with Gasteiger partial charge in [0, 0.05) is 6.20 Å². The Labute approximate surface area is 101 Å². The Bertz CT molecular complexity index is 477. The summed E-state index contributed by atoms with van der Waals surface area (Å²) in [5, 5.41) is 10.3. The topological polar surface area (TPSA) is 76.5 Å². The van der Waals surface area contributed by atoms with E-state index in [4.69, 9.17) is 23.2 Å². The molecular weight excluding hydrogens is 251 g/mol. The molecule has 0 saturated carbocycles. The Kier molecular flexibility index (Phi) is 3.43. The van der Waals surface area contributed by atoms with E-state index in [2.05, 4.69) is 30.5 Å². The highest BCUT2D eigenvalue weighted by atomic mass is 35.5. The Balaban J connectivity index is 2.08. The van der Waals surface area contributed by atoms with Crippen molar-refractivity contribution in [1.29, 1.82) is 0 Å². The highest BCUT2D eigenvalue weighted by molar-refractivity contribution is 6.32. The van der Waals surface area contributed by atoms with E-state index in [1.165, 1.54) is 6.33 Å². The van der Waals surface area contributed by atoms with Gasteiger partial charge in [-0.05, 0) is 17.7 Å². The number of hydrogen-bond acceptors (Lipinski definition) is 6. The van der Waals surface area contributed by atoms with Crippen LogP contribution in [0, 0.1) is 0 Å². The molecule has 8 heteroatoms. The van der Waals surface area contributed by atoms with Crippen LogP contribution in [0.2, 0.25) is 10.4 Å². The summed E-state index contributed by atoms with van der Waals surface area (Å²) in [6.07, 6.45) is 3.11. The van der Waals surface area contributed by atoms with Crippen LogP contribution in [-0.4, -0.2) is 25.1 Å². The van der Waals surface area contributed by atoms with Crippen molar-refractivity contribution in [3.8, 4) is 0 Å². The fraction of sp³-hybridized carbons (Fsp3) is 0.125. The zero-order valence-corrected chi connectivity index (χ0v) is 9.44. The van der Waals surface area contributed by atoms with Crippen LogP contribution >= 0.6 is 23.2 Å². The molecule has 0 aliphatic rings. The number of anilines is 1. The van der Waals surface area contributed by atoms with Gasteiger partial charge in [-0.1, -0.05) is 11.6 Å².